The third-order valence-corrected chi connectivity index (χ3v) is 7.66. The Balaban J connectivity index is 0.00000386. The van der Waals surface area contributed by atoms with Crippen LogP contribution in [0.25, 0.3) is 69.1 Å². The average Bonchev–Trinajstić information content (AvgIpc) is 3.87. The number of aromatic nitrogens is 8. The normalized spacial score (nSPS) is 11.8. The van der Waals surface area contributed by atoms with Gasteiger partial charge in [0, 0.05) is 50.0 Å². The Bertz CT molecular complexity index is 2110. The molecule has 0 amide bonds. The van der Waals surface area contributed by atoms with Gasteiger partial charge in [0.1, 0.15) is 11.6 Å². The first-order chi connectivity index (χ1) is 22.4. The zero-order valence-electron chi connectivity index (χ0n) is 25.9. The number of rotatable bonds is 6. The molecule has 7 heterocycles. The molecule has 0 N–H and O–H groups in total. The van der Waals surface area contributed by atoms with Crippen LogP contribution in [0.3, 0.4) is 0 Å². The Kier molecular flexibility index (Phi) is 8.50. The molecule has 234 valence electrons. The van der Waals surface area contributed by atoms with Gasteiger partial charge < -0.3 is 28.6 Å². The molecule has 7 rings (SSSR count). The Labute approximate surface area is 279 Å². The van der Waals surface area contributed by atoms with E-state index in [-0.39, 0.29) is 41.4 Å². The van der Waals surface area contributed by atoms with Gasteiger partial charge in [-0.3, -0.25) is 0 Å². The van der Waals surface area contributed by atoms with Crippen molar-refractivity contribution in [1.82, 2.24) is 39.0 Å². The van der Waals surface area contributed by atoms with Gasteiger partial charge in [0.2, 0.25) is 0 Å². The quantitative estimate of drug-likeness (QED) is 0.174. The fourth-order valence-corrected chi connectivity index (χ4v) is 5.58. The van der Waals surface area contributed by atoms with E-state index in [4.69, 9.17) is 29.4 Å². The number of ether oxygens (including phenoxy) is 2. The van der Waals surface area contributed by atoms with Crippen molar-refractivity contribution in [2.45, 2.75) is 13.8 Å². The summed E-state index contributed by atoms with van der Waals surface area (Å²) in [4.78, 5) is 55.7. The van der Waals surface area contributed by atoms with Crippen molar-refractivity contribution in [3.05, 3.63) is 83.0 Å². The Morgan fingerprint density at radius 1 is 0.638 bits per heavy atom. The van der Waals surface area contributed by atoms with E-state index >= 15 is 0 Å². The van der Waals surface area contributed by atoms with E-state index in [0.717, 1.165) is 0 Å². The maximum absolute atomic E-state index is 13.5. The summed E-state index contributed by atoms with van der Waals surface area (Å²) < 4.78 is 14.7. The molecule has 0 fully saturated rings. The summed E-state index contributed by atoms with van der Waals surface area (Å²) in [5, 5.41) is 0. The van der Waals surface area contributed by atoms with Crippen LogP contribution in [-0.4, -0.2) is 54.2 Å². The first-order valence-corrected chi connectivity index (χ1v) is 14.7. The number of imidazole rings is 2. The molecule has 8 bridgehead atoms. The summed E-state index contributed by atoms with van der Waals surface area (Å²) >= 11 is 0. The minimum Gasteiger partial charge on any atom is -0.656 e. The van der Waals surface area contributed by atoms with Gasteiger partial charge in [-0.2, -0.15) is 0 Å². The number of carbonyl (C=O) groups is 2. The average molecular weight is 668 g/mol. The molecule has 13 heteroatoms. The zero-order valence-corrected chi connectivity index (χ0v) is 27.1. The van der Waals surface area contributed by atoms with Gasteiger partial charge in [0.05, 0.1) is 47.1 Å². The number of aryl methyl sites for hydroxylation is 2. The third kappa shape index (κ3) is 5.49. The van der Waals surface area contributed by atoms with E-state index in [1.165, 1.54) is 0 Å². The van der Waals surface area contributed by atoms with E-state index in [0.29, 0.717) is 67.6 Å². The number of hydrogen-bond acceptors (Lipinski definition) is 8. The van der Waals surface area contributed by atoms with Crippen molar-refractivity contribution >= 4 is 58.3 Å². The maximum Gasteiger partial charge on any atom is 3.00 e. The van der Waals surface area contributed by atoms with Gasteiger partial charge in [-0.25, -0.2) is 29.5 Å². The van der Waals surface area contributed by atoms with Crippen molar-refractivity contribution in [3.63, 3.8) is 0 Å². The third-order valence-electron chi connectivity index (χ3n) is 7.66. The van der Waals surface area contributed by atoms with Crippen LogP contribution in [-0.2, 0) is 40.6 Å². The van der Waals surface area contributed by atoms with E-state index in [1.807, 2.05) is 35.6 Å². The molecule has 2 aliphatic heterocycles. The van der Waals surface area contributed by atoms with Crippen molar-refractivity contribution in [2.24, 2.45) is 14.1 Å². The smallest absolute Gasteiger partial charge is 0.656 e. The largest absolute Gasteiger partial charge is 3.00 e. The molecule has 2 aliphatic rings. The van der Waals surface area contributed by atoms with Crippen molar-refractivity contribution in [3.8, 4) is 22.8 Å². The second-order valence-corrected chi connectivity index (χ2v) is 10.5. The fraction of sp³-hybridized carbons (Fsp3) is 0.176. The SMILES string of the molecule is CCOC(=O)c1c2nc(c(-c3nccn3C)c3ccc([n-]3)c(C(=O)OCC)c3nc(c(-c4nccn4C)c4ccc1[n-]4)C=C3)C=C2.[Mn+3]. The second-order valence-electron chi connectivity index (χ2n) is 10.5. The molecule has 0 atom stereocenters. The van der Waals surface area contributed by atoms with Gasteiger partial charge in [0.25, 0.3) is 0 Å². The standard InChI is InChI=1S/C34H29N8O4.Mn/c1-5-45-33(43)29-23-11-7-19(37-23)27(31-35-15-17-41(31)3)21-9-13-25(39-21)30(34(44)46-6-2)26-14-10-22(40-26)28(20-8-12-24(29)38-20)32-36-16-18-42(32)4;/h7-18H,5-6H2,1-4H3,(H-,35,36,37,38,39,40,43,44);/q-1;+3/p-1. The molecule has 12 nitrogen and oxygen atoms in total. The number of fused-ring (bicyclic) bond motifs is 8. The molecule has 5 aromatic heterocycles. The summed E-state index contributed by atoms with van der Waals surface area (Å²) in [6, 6.07) is 7.12. The molecule has 0 aliphatic carbocycles. The Morgan fingerprint density at radius 2 is 1.02 bits per heavy atom. The number of nitrogens with zero attached hydrogens (tertiary/aromatic N) is 8. The van der Waals surface area contributed by atoms with E-state index in [2.05, 4.69) is 9.97 Å². The van der Waals surface area contributed by atoms with Crippen LogP contribution in [0.15, 0.2) is 49.1 Å². The van der Waals surface area contributed by atoms with Crippen LogP contribution in [0.1, 0.15) is 57.3 Å². The monoisotopic (exact) mass is 667 g/mol. The molecular formula is C34H28MnN8O4+. The summed E-state index contributed by atoms with van der Waals surface area (Å²) in [6.07, 6.45) is 14.1. The summed E-state index contributed by atoms with van der Waals surface area (Å²) in [6.45, 7) is 3.86. The number of hydrogen-bond donors (Lipinski definition) is 0. The van der Waals surface area contributed by atoms with Crippen LogP contribution >= 0.6 is 0 Å². The van der Waals surface area contributed by atoms with Crippen molar-refractivity contribution < 1.29 is 36.1 Å². The van der Waals surface area contributed by atoms with Crippen LogP contribution in [0.5, 0.6) is 0 Å². The zero-order chi connectivity index (χ0) is 31.9. The number of esters is 2. The molecule has 5 aromatic rings. The van der Waals surface area contributed by atoms with E-state index in [9.17, 15) is 9.59 Å². The Hall–Kier alpha value is -5.52. The van der Waals surface area contributed by atoms with Gasteiger partial charge in [0.15, 0.2) is 0 Å². The molecular weight excluding hydrogens is 639 g/mol. The predicted molar refractivity (Wildman–Crippen MR) is 173 cm³/mol. The summed E-state index contributed by atoms with van der Waals surface area (Å²) in [5.41, 5.74) is 5.31. The summed E-state index contributed by atoms with van der Waals surface area (Å²) in [7, 11) is 3.74. The van der Waals surface area contributed by atoms with Crippen LogP contribution in [0.2, 0.25) is 0 Å². The number of carbonyl (C=O) groups excluding carboxylic acids is 2. The molecule has 0 radical (unpaired) electrons. The Morgan fingerprint density at radius 3 is 1.38 bits per heavy atom. The van der Waals surface area contributed by atoms with E-state index < -0.39 is 11.9 Å². The first kappa shape index (κ1) is 31.5. The molecule has 0 aromatic carbocycles. The second kappa shape index (κ2) is 12.7. The molecule has 0 saturated carbocycles. The van der Waals surface area contributed by atoms with Crippen LogP contribution in [0, 0.1) is 0 Å². The minimum atomic E-state index is -0.550. The summed E-state index contributed by atoms with van der Waals surface area (Å²) in [5.74, 6) is 0.0994. The molecule has 47 heavy (non-hydrogen) atoms. The van der Waals surface area contributed by atoms with Gasteiger partial charge in [-0.05, 0) is 38.2 Å². The van der Waals surface area contributed by atoms with E-state index in [1.54, 1.807) is 74.8 Å². The van der Waals surface area contributed by atoms with Gasteiger partial charge in [-0.15, -0.1) is 22.1 Å². The first-order valence-electron chi connectivity index (χ1n) is 14.7. The maximum atomic E-state index is 13.5. The predicted octanol–water partition coefficient (Wildman–Crippen LogP) is 5.07. The van der Waals surface area contributed by atoms with Crippen LogP contribution < -0.4 is 9.97 Å². The van der Waals surface area contributed by atoms with Gasteiger partial charge in [-0.1, -0.05) is 24.3 Å². The van der Waals surface area contributed by atoms with Crippen molar-refractivity contribution in [1.29, 1.82) is 0 Å². The van der Waals surface area contributed by atoms with Crippen LogP contribution in [0.4, 0.5) is 0 Å². The molecule has 0 unspecified atom stereocenters. The van der Waals surface area contributed by atoms with Gasteiger partial charge >= 0.3 is 29.0 Å². The van der Waals surface area contributed by atoms with Crippen molar-refractivity contribution in [2.75, 3.05) is 13.2 Å². The minimum absolute atomic E-state index is 0. The fourth-order valence-electron chi connectivity index (χ4n) is 5.58. The molecule has 0 saturated heterocycles. The molecule has 0 spiro atoms. The topological polar surface area (TPSA) is 142 Å².